The molecule has 0 spiro atoms. The molecule has 2 rings (SSSR count). The summed E-state index contributed by atoms with van der Waals surface area (Å²) in [7, 11) is 1.68. The van der Waals surface area contributed by atoms with Gasteiger partial charge in [-0.3, -0.25) is 0 Å². The van der Waals surface area contributed by atoms with Gasteiger partial charge < -0.3 is 14.8 Å². The number of hydrogen-bond donors (Lipinski definition) is 1. The minimum Gasteiger partial charge on any atom is -0.493 e. The van der Waals surface area contributed by atoms with Gasteiger partial charge in [0.15, 0.2) is 11.5 Å². The Kier molecular flexibility index (Phi) is 4.48. The molecule has 3 heteroatoms. The van der Waals surface area contributed by atoms with Crippen molar-refractivity contribution in [2.75, 3.05) is 20.2 Å². The van der Waals surface area contributed by atoms with Gasteiger partial charge in [0.05, 0.1) is 13.2 Å². The van der Waals surface area contributed by atoms with Crippen molar-refractivity contribution in [3.05, 3.63) is 23.8 Å². The fourth-order valence-corrected chi connectivity index (χ4v) is 2.43. The predicted molar refractivity (Wildman–Crippen MR) is 73.6 cm³/mol. The van der Waals surface area contributed by atoms with Crippen LogP contribution in [0.3, 0.4) is 0 Å². The Morgan fingerprint density at radius 1 is 1.28 bits per heavy atom. The zero-order chi connectivity index (χ0) is 13.0. The summed E-state index contributed by atoms with van der Waals surface area (Å²) in [6, 6.07) is 6.31. The largest absolute Gasteiger partial charge is 0.493 e. The molecular formula is C15H23NO2. The second-order valence-corrected chi connectivity index (χ2v) is 5.12. The highest BCUT2D eigenvalue weighted by Crippen LogP contribution is 2.33. The summed E-state index contributed by atoms with van der Waals surface area (Å²) in [5.41, 5.74) is 1.35. The summed E-state index contributed by atoms with van der Waals surface area (Å²) in [4.78, 5) is 0. The smallest absolute Gasteiger partial charge is 0.161 e. The van der Waals surface area contributed by atoms with Crippen molar-refractivity contribution in [3.8, 4) is 11.5 Å². The van der Waals surface area contributed by atoms with E-state index in [1.165, 1.54) is 18.4 Å². The molecule has 0 saturated carbocycles. The van der Waals surface area contributed by atoms with Crippen LogP contribution in [0, 0.1) is 0 Å². The van der Waals surface area contributed by atoms with Gasteiger partial charge >= 0.3 is 0 Å². The van der Waals surface area contributed by atoms with Gasteiger partial charge in [0, 0.05) is 6.54 Å². The molecule has 1 heterocycles. The van der Waals surface area contributed by atoms with E-state index >= 15 is 0 Å². The monoisotopic (exact) mass is 249 g/mol. The molecular weight excluding hydrogens is 226 g/mol. The van der Waals surface area contributed by atoms with E-state index in [2.05, 4.69) is 17.4 Å². The van der Waals surface area contributed by atoms with Crippen molar-refractivity contribution < 1.29 is 9.47 Å². The second-order valence-electron chi connectivity index (χ2n) is 5.12. The van der Waals surface area contributed by atoms with Crippen LogP contribution in [0.4, 0.5) is 0 Å². The van der Waals surface area contributed by atoms with E-state index < -0.39 is 0 Å². The maximum atomic E-state index is 5.82. The molecule has 0 aliphatic carbocycles. The number of piperidine rings is 1. The molecule has 0 bridgehead atoms. The summed E-state index contributed by atoms with van der Waals surface area (Å²) < 4.78 is 11.2. The van der Waals surface area contributed by atoms with E-state index in [0.29, 0.717) is 5.92 Å². The first kappa shape index (κ1) is 13.2. The third-order valence-electron chi connectivity index (χ3n) is 3.32. The summed E-state index contributed by atoms with van der Waals surface area (Å²) in [6.07, 6.45) is 2.66. The second kappa shape index (κ2) is 6.10. The molecule has 0 aromatic heterocycles. The summed E-state index contributed by atoms with van der Waals surface area (Å²) in [5, 5.41) is 3.45. The van der Waals surface area contributed by atoms with Crippen molar-refractivity contribution in [3.63, 3.8) is 0 Å². The van der Waals surface area contributed by atoms with Crippen LogP contribution in [0.1, 0.15) is 38.2 Å². The molecule has 100 valence electrons. The Hall–Kier alpha value is -1.22. The molecule has 0 amide bonds. The fourth-order valence-electron chi connectivity index (χ4n) is 2.43. The Balaban J connectivity index is 2.20. The quantitative estimate of drug-likeness (QED) is 0.890. The number of benzene rings is 1. The van der Waals surface area contributed by atoms with E-state index in [1.54, 1.807) is 7.11 Å². The first-order valence-electron chi connectivity index (χ1n) is 6.76. The normalized spacial score (nSPS) is 19.9. The van der Waals surface area contributed by atoms with Crippen molar-refractivity contribution in [2.24, 2.45) is 0 Å². The van der Waals surface area contributed by atoms with Gasteiger partial charge in [0.25, 0.3) is 0 Å². The molecule has 1 atom stereocenters. The third-order valence-corrected chi connectivity index (χ3v) is 3.32. The molecule has 1 aliphatic rings. The number of ether oxygens (including phenoxy) is 2. The molecule has 3 nitrogen and oxygen atoms in total. The van der Waals surface area contributed by atoms with E-state index in [4.69, 9.17) is 9.47 Å². The number of methoxy groups -OCH3 is 1. The predicted octanol–water partition coefficient (Wildman–Crippen LogP) is 2.95. The minimum atomic E-state index is 0.165. The Labute approximate surface area is 109 Å². The highest BCUT2D eigenvalue weighted by atomic mass is 16.5. The highest BCUT2D eigenvalue weighted by molar-refractivity contribution is 5.44. The van der Waals surface area contributed by atoms with Crippen LogP contribution in [0.2, 0.25) is 0 Å². The molecule has 1 aromatic carbocycles. The van der Waals surface area contributed by atoms with Crippen molar-refractivity contribution in [2.45, 2.75) is 38.7 Å². The average Bonchev–Trinajstić information content (AvgIpc) is 2.39. The molecule has 0 radical (unpaired) electrons. The van der Waals surface area contributed by atoms with Gasteiger partial charge in [-0.2, -0.15) is 0 Å². The van der Waals surface area contributed by atoms with E-state index in [-0.39, 0.29) is 6.10 Å². The Bertz CT molecular complexity index is 384. The molecule has 1 N–H and O–H groups in total. The van der Waals surface area contributed by atoms with E-state index in [1.807, 2.05) is 19.9 Å². The molecule has 18 heavy (non-hydrogen) atoms. The van der Waals surface area contributed by atoms with Gasteiger partial charge in [-0.1, -0.05) is 6.07 Å². The zero-order valence-corrected chi connectivity index (χ0v) is 11.5. The lowest BCUT2D eigenvalue weighted by atomic mass is 9.91. The minimum absolute atomic E-state index is 0.165. The van der Waals surface area contributed by atoms with Gasteiger partial charge in [0.1, 0.15) is 0 Å². The van der Waals surface area contributed by atoms with Crippen molar-refractivity contribution in [1.82, 2.24) is 5.32 Å². The lowest BCUT2D eigenvalue weighted by molar-refractivity contribution is 0.229. The van der Waals surface area contributed by atoms with Gasteiger partial charge in [-0.15, -0.1) is 0 Å². The molecule has 1 aliphatic heterocycles. The van der Waals surface area contributed by atoms with Crippen LogP contribution < -0.4 is 14.8 Å². The Morgan fingerprint density at radius 2 is 2.11 bits per heavy atom. The zero-order valence-electron chi connectivity index (χ0n) is 11.5. The number of hydrogen-bond acceptors (Lipinski definition) is 3. The van der Waals surface area contributed by atoms with E-state index in [9.17, 15) is 0 Å². The standard InChI is InChI=1S/C15H23NO2/c1-11(2)18-15-9-12(6-7-14(15)17-3)13-5-4-8-16-10-13/h6-7,9,11,13,16H,4-5,8,10H2,1-3H3. The summed E-state index contributed by atoms with van der Waals surface area (Å²) >= 11 is 0. The van der Waals surface area contributed by atoms with Crippen LogP contribution in [0.25, 0.3) is 0 Å². The summed E-state index contributed by atoms with van der Waals surface area (Å²) in [6.45, 7) is 6.28. The fraction of sp³-hybridized carbons (Fsp3) is 0.600. The maximum Gasteiger partial charge on any atom is 0.161 e. The summed E-state index contributed by atoms with van der Waals surface area (Å²) in [5.74, 6) is 2.27. The first-order chi connectivity index (χ1) is 8.70. The maximum absolute atomic E-state index is 5.82. The van der Waals surface area contributed by atoms with Gasteiger partial charge in [0.2, 0.25) is 0 Å². The number of nitrogens with one attached hydrogen (secondary N) is 1. The number of rotatable bonds is 4. The SMILES string of the molecule is COc1ccc(C2CCCNC2)cc1OC(C)C. The van der Waals surface area contributed by atoms with Crippen molar-refractivity contribution >= 4 is 0 Å². The topological polar surface area (TPSA) is 30.5 Å². The molecule has 1 saturated heterocycles. The molecule has 1 fully saturated rings. The highest BCUT2D eigenvalue weighted by Gasteiger charge is 2.17. The molecule has 1 aromatic rings. The van der Waals surface area contributed by atoms with Crippen molar-refractivity contribution in [1.29, 1.82) is 0 Å². The average molecular weight is 249 g/mol. The van der Waals surface area contributed by atoms with Crippen LogP contribution in [-0.2, 0) is 0 Å². The van der Waals surface area contributed by atoms with Crippen LogP contribution >= 0.6 is 0 Å². The van der Waals surface area contributed by atoms with Crippen LogP contribution in [-0.4, -0.2) is 26.3 Å². The lowest BCUT2D eigenvalue weighted by Crippen LogP contribution is -2.28. The van der Waals surface area contributed by atoms with Gasteiger partial charge in [-0.25, -0.2) is 0 Å². The third kappa shape index (κ3) is 3.16. The molecule has 1 unspecified atom stereocenters. The Morgan fingerprint density at radius 3 is 2.72 bits per heavy atom. The lowest BCUT2D eigenvalue weighted by Gasteiger charge is -2.24. The van der Waals surface area contributed by atoms with Crippen LogP contribution in [0.15, 0.2) is 18.2 Å². The van der Waals surface area contributed by atoms with E-state index in [0.717, 1.165) is 24.6 Å². The van der Waals surface area contributed by atoms with Gasteiger partial charge in [-0.05, 0) is 56.8 Å². The first-order valence-corrected chi connectivity index (χ1v) is 6.76. The van der Waals surface area contributed by atoms with Crippen LogP contribution in [0.5, 0.6) is 11.5 Å².